The molecule has 0 aliphatic carbocycles. The van der Waals surface area contributed by atoms with Crippen molar-refractivity contribution in [1.82, 2.24) is 30.6 Å². The molecule has 0 fully saturated rings. The second kappa shape index (κ2) is 7.73. The molecule has 4 rings (SSSR count). The van der Waals surface area contributed by atoms with Crippen molar-refractivity contribution in [2.45, 2.75) is 6.18 Å². The molecule has 0 aliphatic rings. The number of pyridine rings is 2. The van der Waals surface area contributed by atoms with Gasteiger partial charge in [-0.15, -0.1) is 5.10 Å². The van der Waals surface area contributed by atoms with Gasteiger partial charge in [0.1, 0.15) is 17.4 Å². The number of nitrogens with one attached hydrogen (secondary N) is 2. The monoisotopic (exact) mass is 417 g/mol. The number of ether oxygens (including phenoxy) is 1. The Labute approximate surface area is 166 Å². The zero-order valence-corrected chi connectivity index (χ0v) is 14.9. The van der Waals surface area contributed by atoms with E-state index < -0.39 is 17.6 Å². The van der Waals surface area contributed by atoms with Gasteiger partial charge < -0.3 is 10.1 Å². The first-order chi connectivity index (χ1) is 14.4. The maximum Gasteiger partial charge on any atom is 0.418 e. The molecule has 0 aliphatic heterocycles. The molecule has 0 amide bonds. The fourth-order valence-electron chi connectivity index (χ4n) is 2.41. The molecule has 4 aromatic rings. The lowest BCUT2D eigenvalue weighted by Crippen LogP contribution is -2.07. The van der Waals surface area contributed by atoms with Gasteiger partial charge in [-0.3, -0.25) is 0 Å². The van der Waals surface area contributed by atoms with Crippen molar-refractivity contribution in [3.8, 4) is 22.9 Å². The third-order valence-corrected chi connectivity index (χ3v) is 3.85. The highest BCUT2D eigenvalue weighted by atomic mass is 19.4. The quantitative estimate of drug-likeness (QED) is 0.466. The maximum atomic E-state index is 13.1. The fraction of sp³-hybridized carbons (Fsp3) is 0.0556. The number of aromatic amines is 1. The molecule has 152 valence electrons. The number of rotatable bonds is 5. The molecule has 0 atom stereocenters. The lowest BCUT2D eigenvalue weighted by Gasteiger charge is -2.14. The molecule has 12 heteroatoms. The van der Waals surface area contributed by atoms with Crippen LogP contribution in [-0.2, 0) is 6.18 Å². The number of tetrazole rings is 1. The van der Waals surface area contributed by atoms with Crippen molar-refractivity contribution in [2.75, 3.05) is 5.32 Å². The summed E-state index contributed by atoms with van der Waals surface area (Å²) in [7, 11) is 0. The molecule has 0 unspecified atom stereocenters. The van der Waals surface area contributed by atoms with Gasteiger partial charge in [-0.05, 0) is 52.9 Å². The predicted octanol–water partition coefficient (Wildman–Crippen LogP) is 4.35. The van der Waals surface area contributed by atoms with Crippen molar-refractivity contribution in [1.29, 1.82) is 0 Å². The molecule has 0 radical (unpaired) electrons. The largest absolute Gasteiger partial charge is 0.453 e. The van der Waals surface area contributed by atoms with E-state index in [1.165, 1.54) is 18.3 Å². The van der Waals surface area contributed by atoms with E-state index in [1.807, 2.05) is 0 Å². The molecule has 0 saturated carbocycles. The average molecular weight is 417 g/mol. The Morgan fingerprint density at radius 2 is 1.77 bits per heavy atom. The van der Waals surface area contributed by atoms with Gasteiger partial charge in [-0.25, -0.2) is 19.5 Å². The van der Waals surface area contributed by atoms with Gasteiger partial charge in [-0.1, -0.05) is 0 Å². The summed E-state index contributed by atoms with van der Waals surface area (Å²) in [5, 5.41) is 16.1. The Morgan fingerprint density at radius 3 is 2.40 bits per heavy atom. The summed E-state index contributed by atoms with van der Waals surface area (Å²) in [5.41, 5.74) is -0.389. The standard InChI is InChI=1S/C18H11F4N7O/c19-12-2-4-13(5-3-12)30-14-7-11(18(20,21)22)9-24-17(14)25-15-6-1-10(8-23-15)16-26-28-29-27-16/h1-9H,(H,23,24,25)(H,26,27,28,29). The Bertz CT molecular complexity index is 1130. The van der Waals surface area contributed by atoms with Crippen LogP contribution in [0.2, 0.25) is 0 Å². The third kappa shape index (κ3) is 4.32. The lowest BCUT2D eigenvalue weighted by atomic mass is 10.2. The van der Waals surface area contributed by atoms with Crippen LogP contribution in [0.25, 0.3) is 11.4 Å². The van der Waals surface area contributed by atoms with Crippen LogP contribution in [0.4, 0.5) is 29.2 Å². The minimum atomic E-state index is -4.61. The van der Waals surface area contributed by atoms with Crippen LogP contribution in [0.15, 0.2) is 54.9 Å². The van der Waals surface area contributed by atoms with Crippen LogP contribution < -0.4 is 10.1 Å². The van der Waals surface area contributed by atoms with Gasteiger partial charge in [0, 0.05) is 18.0 Å². The Hall–Kier alpha value is -4.09. The van der Waals surface area contributed by atoms with Gasteiger partial charge >= 0.3 is 6.18 Å². The molecule has 30 heavy (non-hydrogen) atoms. The first kappa shape index (κ1) is 19.2. The van der Waals surface area contributed by atoms with Crippen LogP contribution in [0.5, 0.6) is 11.5 Å². The van der Waals surface area contributed by atoms with Crippen molar-refractivity contribution >= 4 is 11.6 Å². The minimum absolute atomic E-state index is 0.00564. The summed E-state index contributed by atoms with van der Waals surface area (Å²) in [6, 6.07) is 8.86. The summed E-state index contributed by atoms with van der Waals surface area (Å²) < 4.78 is 57.9. The zero-order valence-electron chi connectivity index (χ0n) is 14.9. The number of nitrogens with zero attached hydrogens (tertiary/aromatic N) is 5. The highest BCUT2D eigenvalue weighted by molar-refractivity contribution is 5.63. The summed E-state index contributed by atoms with van der Waals surface area (Å²) in [5.74, 6) is 0.121. The number of aromatic nitrogens is 6. The molecular formula is C18H11F4N7O. The predicted molar refractivity (Wildman–Crippen MR) is 96.4 cm³/mol. The number of hydrogen-bond donors (Lipinski definition) is 2. The van der Waals surface area contributed by atoms with E-state index in [0.717, 1.165) is 18.2 Å². The van der Waals surface area contributed by atoms with Crippen LogP contribution in [-0.4, -0.2) is 30.6 Å². The van der Waals surface area contributed by atoms with Gasteiger partial charge in [0.2, 0.25) is 0 Å². The SMILES string of the molecule is Fc1ccc(Oc2cc(C(F)(F)F)cnc2Nc2ccc(-c3nnn[nH]3)cn2)cc1. The van der Waals surface area contributed by atoms with Crippen molar-refractivity contribution in [2.24, 2.45) is 0 Å². The fourth-order valence-corrected chi connectivity index (χ4v) is 2.41. The van der Waals surface area contributed by atoms with Crippen molar-refractivity contribution < 1.29 is 22.3 Å². The molecule has 0 spiro atoms. The normalized spacial score (nSPS) is 11.3. The third-order valence-electron chi connectivity index (χ3n) is 3.85. The second-order valence-electron chi connectivity index (χ2n) is 5.93. The number of halogens is 4. The summed E-state index contributed by atoms with van der Waals surface area (Å²) >= 11 is 0. The van der Waals surface area contributed by atoms with E-state index in [4.69, 9.17) is 4.74 Å². The minimum Gasteiger partial charge on any atom is -0.453 e. The molecule has 3 aromatic heterocycles. The molecule has 8 nitrogen and oxygen atoms in total. The van der Waals surface area contributed by atoms with Crippen LogP contribution in [0.1, 0.15) is 5.56 Å². The number of anilines is 2. The van der Waals surface area contributed by atoms with Crippen LogP contribution >= 0.6 is 0 Å². The average Bonchev–Trinajstić information content (AvgIpc) is 3.26. The van der Waals surface area contributed by atoms with E-state index in [0.29, 0.717) is 23.4 Å². The second-order valence-corrected chi connectivity index (χ2v) is 5.93. The van der Waals surface area contributed by atoms with Crippen LogP contribution in [0.3, 0.4) is 0 Å². The van der Waals surface area contributed by atoms with Gasteiger partial charge in [0.15, 0.2) is 17.4 Å². The number of benzene rings is 1. The highest BCUT2D eigenvalue weighted by Crippen LogP contribution is 2.36. The number of hydrogen-bond acceptors (Lipinski definition) is 7. The summed E-state index contributed by atoms with van der Waals surface area (Å²) in [4.78, 5) is 7.98. The molecule has 3 heterocycles. The maximum absolute atomic E-state index is 13.1. The molecule has 0 bridgehead atoms. The lowest BCUT2D eigenvalue weighted by molar-refractivity contribution is -0.137. The first-order valence-corrected chi connectivity index (χ1v) is 8.36. The van der Waals surface area contributed by atoms with Crippen LogP contribution in [0, 0.1) is 5.82 Å². The number of H-pyrrole nitrogens is 1. The Kier molecular flexibility index (Phi) is 4.96. The van der Waals surface area contributed by atoms with Gasteiger partial charge in [-0.2, -0.15) is 13.2 Å². The van der Waals surface area contributed by atoms with Crippen molar-refractivity contribution in [3.63, 3.8) is 0 Å². The van der Waals surface area contributed by atoms with Gasteiger partial charge in [0.05, 0.1) is 5.56 Å². The van der Waals surface area contributed by atoms with Gasteiger partial charge in [0.25, 0.3) is 0 Å². The number of alkyl halides is 3. The highest BCUT2D eigenvalue weighted by Gasteiger charge is 2.32. The topological polar surface area (TPSA) is 101 Å². The first-order valence-electron chi connectivity index (χ1n) is 8.36. The van der Waals surface area contributed by atoms with E-state index in [2.05, 4.69) is 35.9 Å². The zero-order chi connectivity index (χ0) is 21.1. The van der Waals surface area contributed by atoms with E-state index in [-0.39, 0.29) is 17.3 Å². The smallest absolute Gasteiger partial charge is 0.418 e. The van der Waals surface area contributed by atoms with E-state index >= 15 is 0 Å². The van der Waals surface area contributed by atoms with E-state index in [1.54, 1.807) is 12.1 Å². The Balaban J connectivity index is 1.63. The Morgan fingerprint density at radius 1 is 0.967 bits per heavy atom. The molecule has 1 aromatic carbocycles. The van der Waals surface area contributed by atoms with Crippen molar-refractivity contribution in [3.05, 3.63) is 66.2 Å². The molecule has 0 saturated heterocycles. The summed E-state index contributed by atoms with van der Waals surface area (Å²) in [6.07, 6.45) is -2.47. The van der Waals surface area contributed by atoms with E-state index in [9.17, 15) is 17.6 Å². The molecular weight excluding hydrogens is 406 g/mol. The molecule has 2 N–H and O–H groups in total. The summed E-state index contributed by atoms with van der Waals surface area (Å²) in [6.45, 7) is 0.